The largest absolute Gasteiger partial charge is 0.354 e. The first-order valence-electron chi connectivity index (χ1n) is 5.32. The minimum atomic E-state index is 0.634. The molecule has 17 heavy (non-hydrogen) atoms. The van der Waals surface area contributed by atoms with E-state index in [-0.39, 0.29) is 0 Å². The average Bonchev–Trinajstić information content (AvgIpc) is 2.77. The molecule has 2 heterocycles. The molecule has 2 aromatic heterocycles. The minimum Gasteiger partial charge on any atom is -0.354 e. The molecule has 5 heteroatoms. The molecular formula is C12H12N4S. The maximum atomic E-state index is 8.81. The number of aromatic nitrogens is 2. The zero-order chi connectivity index (χ0) is 12.3. The smallest absolute Gasteiger partial charge is 0.223 e. The van der Waals surface area contributed by atoms with Gasteiger partial charge in [0.05, 0.1) is 10.6 Å². The summed E-state index contributed by atoms with van der Waals surface area (Å²) in [6, 6.07) is 7.78. The lowest BCUT2D eigenvalue weighted by Gasteiger charge is -2.04. The van der Waals surface area contributed by atoms with Gasteiger partial charge in [0.1, 0.15) is 10.9 Å². The molecule has 86 valence electrons. The molecule has 0 unspecified atom stereocenters. The van der Waals surface area contributed by atoms with E-state index in [1.54, 1.807) is 0 Å². The summed E-state index contributed by atoms with van der Waals surface area (Å²) in [5, 5.41) is 11.9. The summed E-state index contributed by atoms with van der Waals surface area (Å²) in [6.45, 7) is 4.73. The summed E-state index contributed by atoms with van der Waals surface area (Å²) in [6.07, 6.45) is 0. The lowest BCUT2D eigenvalue weighted by Crippen LogP contribution is -2.03. The zero-order valence-corrected chi connectivity index (χ0v) is 10.5. The van der Waals surface area contributed by atoms with Crippen LogP contribution in [0.4, 0.5) is 5.95 Å². The summed E-state index contributed by atoms with van der Waals surface area (Å²) < 4.78 is 0. The highest BCUT2D eigenvalue weighted by Gasteiger charge is 2.07. The van der Waals surface area contributed by atoms with E-state index in [0.717, 1.165) is 22.8 Å². The molecule has 0 saturated carbocycles. The van der Waals surface area contributed by atoms with Crippen LogP contribution in [0.3, 0.4) is 0 Å². The van der Waals surface area contributed by atoms with E-state index in [0.29, 0.717) is 10.8 Å². The average molecular weight is 244 g/mol. The van der Waals surface area contributed by atoms with E-state index in [2.05, 4.69) is 21.4 Å². The third-order valence-corrected chi connectivity index (χ3v) is 3.17. The molecule has 1 N–H and O–H groups in total. The van der Waals surface area contributed by atoms with E-state index >= 15 is 0 Å². The Morgan fingerprint density at radius 3 is 2.88 bits per heavy atom. The van der Waals surface area contributed by atoms with Gasteiger partial charge in [0, 0.05) is 12.2 Å². The fourth-order valence-corrected chi connectivity index (χ4v) is 2.23. The van der Waals surface area contributed by atoms with Crippen LogP contribution in [0.5, 0.6) is 0 Å². The van der Waals surface area contributed by atoms with E-state index in [1.165, 1.54) is 11.3 Å². The Morgan fingerprint density at radius 1 is 1.41 bits per heavy atom. The Bertz CT molecular complexity index is 568. The van der Waals surface area contributed by atoms with Gasteiger partial charge < -0.3 is 5.32 Å². The minimum absolute atomic E-state index is 0.634. The normalized spacial score (nSPS) is 9.94. The van der Waals surface area contributed by atoms with Crippen molar-refractivity contribution in [1.29, 1.82) is 5.26 Å². The monoisotopic (exact) mass is 244 g/mol. The predicted molar refractivity (Wildman–Crippen MR) is 69.0 cm³/mol. The van der Waals surface area contributed by atoms with Crippen molar-refractivity contribution in [3.05, 3.63) is 28.8 Å². The molecular weight excluding hydrogens is 232 g/mol. The summed E-state index contributed by atoms with van der Waals surface area (Å²) in [5.74, 6) is 0.634. The van der Waals surface area contributed by atoms with Crippen molar-refractivity contribution >= 4 is 17.3 Å². The second-order valence-electron chi connectivity index (χ2n) is 3.52. The summed E-state index contributed by atoms with van der Waals surface area (Å²) in [5.41, 5.74) is 1.78. The van der Waals surface area contributed by atoms with Gasteiger partial charge >= 0.3 is 0 Å². The molecule has 0 aromatic carbocycles. The topological polar surface area (TPSA) is 61.6 Å². The van der Waals surface area contributed by atoms with E-state index in [1.807, 2.05) is 32.0 Å². The second-order valence-corrected chi connectivity index (χ2v) is 4.61. The Labute approximate surface area is 104 Å². The van der Waals surface area contributed by atoms with E-state index in [4.69, 9.17) is 5.26 Å². The van der Waals surface area contributed by atoms with Crippen molar-refractivity contribution in [2.75, 3.05) is 11.9 Å². The third-order valence-electron chi connectivity index (χ3n) is 2.16. The van der Waals surface area contributed by atoms with Gasteiger partial charge in [-0.2, -0.15) is 5.26 Å². The van der Waals surface area contributed by atoms with Gasteiger partial charge in [0.2, 0.25) is 5.95 Å². The molecule has 0 saturated heterocycles. The van der Waals surface area contributed by atoms with Crippen LogP contribution in [0.1, 0.15) is 17.5 Å². The molecule has 0 spiro atoms. The quantitative estimate of drug-likeness (QED) is 0.901. The van der Waals surface area contributed by atoms with Gasteiger partial charge in [-0.25, -0.2) is 9.97 Å². The number of nitriles is 1. The van der Waals surface area contributed by atoms with Gasteiger partial charge in [-0.05, 0) is 32.0 Å². The molecule has 0 fully saturated rings. The van der Waals surface area contributed by atoms with Crippen molar-refractivity contribution in [1.82, 2.24) is 9.97 Å². The SMILES string of the molecule is CCNc1nc(C)cc(-c2ccc(C#N)s2)n1. The first kappa shape index (κ1) is 11.6. The number of aryl methyl sites for hydroxylation is 1. The van der Waals surface area contributed by atoms with Crippen LogP contribution in [0.25, 0.3) is 10.6 Å². The van der Waals surface area contributed by atoms with E-state index < -0.39 is 0 Å². The van der Waals surface area contributed by atoms with Crippen molar-refractivity contribution in [3.8, 4) is 16.6 Å². The number of hydrogen-bond acceptors (Lipinski definition) is 5. The Morgan fingerprint density at radius 2 is 2.24 bits per heavy atom. The molecule has 0 bridgehead atoms. The van der Waals surface area contributed by atoms with Crippen LogP contribution in [-0.4, -0.2) is 16.5 Å². The second kappa shape index (κ2) is 4.93. The standard InChI is InChI=1S/C12H12N4S/c1-3-14-12-15-8(2)6-10(16-12)11-5-4-9(7-13)17-11/h4-6H,3H2,1-2H3,(H,14,15,16). The molecule has 0 amide bonds. The number of nitrogens with zero attached hydrogens (tertiary/aromatic N) is 3. The maximum Gasteiger partial charge on any atom is 0.223 e. The predicted octanol–water partition coefficient (Wildman–Crippen LogP) is 2.82. The maximum absolute atomic E-state index is 8.81. The van der Waals surface area contributed by atoms with Gasteiger partial charge in [0.25, 0.3) is 0 Å². The zero-order valence-electron chi connectivity index (χ0n) is 9.69. The lowest BCUT2D eigenvalue weighted by atomic mass is 10.3. The Balaban J connectivity index is 2.41. The van der Waals surface area contributed by atoms with Crippen molar-refractivity contribution in [2.45, 2.75) is 13.8 Å². The number of thiophene rings is 1. The highest BCUT2D eigenvalue weighted by molar-refractivity contribution is 7.15. The van der Waals surface area contributed by atoms with Crippen LogP contribution in [0.15, 0.2) is 18.2 Å². The number of rotatable bonds is 3. The molecule has 0 aliphatic rings. The Hall–Kier alpha value is -1.93. The van der Waals surface area contributed by atoms with Crippen LogP contribution in [0, 0.1) is 18.3 Å². The first-order valence-corrected chi connectivity index (χ1v) is 6.14. The molecule has 0 atom stereocenters. The van der Waals surface area contributed by atoms with Crippen molar-refractivity contribution in [2.24, 2.45) is 0 Å². The van der Waals surface area contributed by atoms with Crippen molar-refractivity contribution < 1.29 is 0 Å². The summed E-state index contributed by atoms with van der Waals surface area (Å²) in [7, 11) is 0. The number of hydrogen-bond donors (Lipinski definition) is 1. The van der Waals surface area contributed by atoms with Crippen LogP contribution in [0.2, 0.25) is 0 Å². The highest BCUT2D eigenvalue weighted by Crippen LogP contribution is 2.27. The lowest BCUT2D eigenvalue weighted by molar-refractivity contribution is 1.06. The van der Waals surface area contributed by atoms with Gasteiger partial charge in [-0.1, -0.05) is 0 Å². The van der Waals surface area contributed by atoms with Gasteiger partial charge in [-0.3, -0.25) is 0 Å². The van der Waals surface area contributed by atoms with E-state index in [9.17, 15) is 0 Å². The molecule has 2 aromatic rings. The third kappa shape index (κ3) is 2.60. The molecule has 0 aliphatic carbocycles. The fraction of sp³-hybridized carbons (Fsp3) is 0.250. The van der Waals surface area contributed by atoms with Crippen LogP contribution < -0.4 is 5.32 Å². The molecule has 4 nitrogen and oxygen atoms in total. The van der Waals surface area contributed by atoms with Gasteiger partial charge in [0.15, 0.2) is 0 Å². The van der Waals surface area contributed by atoms with Crippen LogP contribution in [-0.2, 0) is 0 Å². The Kier molecular flexibility index (Phi) is 3.35. The van der Waals surface area contributed by atoms with Gasteiger partial charge in [-0.15, -0.1) is 11.3 Å². The number of anilines is 1. The van der Waals surface area contributed by atoms with Crippen LogP contribution >= 0.6 is 11.3 Å². The first-order chi connectivity index (χ1) is 8.22. The summed E-state index contributed by atoms with van der Waals surface area (Å²) >= 11 is 1.44. The van der Waals surface area contributed by atoms with Crippen molar-refractivity contribution in [3.63, 3.8) is 0 Å². The highest BCUT2D eigenvalue weighted by atomic mass is 32.1. The summed E-state index contributed by atoms with van der Waals surface area (Å²) in [4.78, 5) is 10.4. The molecule has 2 rings (SSSR count). The molecule has 0 aliphatic heterocycles. The fourth-order valence-electron chi connectivity index (χ4n) is 1.47. The number of nitrogens with one attached hydrogen (secondary N) is 1. The molecule has 0 radical (unpaired) electrons.